The van der Waals surface area contributed by atoms with Crippen molar-refractivity contribution in [3.63, 3.8) is 0 Å². The van der Waals surface area contributed by atoms with Crippen LogP contribution >= 0.6 is 0 Å². The molecule has 2 atom stereocenters. The Labute approximate surface area is 150 Å². The van der Waals surface area contributed by atoms with Crippen LogP contribution in [0.4, 0.5) is 0 Å². The topological polar surface area (TPSA) is 72.9 Å². The average molecular weight is 351 g/mol. The number of rotatable bonds is 6. The van der Waals surface area contributed by atoms with E-state index in [0.29, 0.717) is 11.8 Å². The second-order valence-electron chi connectivity index (χ2n) is 8.05. The Morgan fingerprint density at radius 3 is 2.40 bits per heavy atom. The number of hydrogen-bond donors (Lipinski definition) is 2. The third kappa shape index (κ3) is 5.17. The van der Waals surface area contributed by atoms with Crippen molar-refractivity contribution >= 4 is 11.9 Å². The number of aliphatic carboxylic acids is 1. The summed E-state index contributed by atoms with van der Waals surface area (Å²) in [7, 11) is 0. The number of nitrogens with zero attached hydrogens (tertiary/aromatic N) is 2. The smallest absolute Gasteiger partial charge is 0.303 e. The SMILES string of the molecule is O=C(O)CC1CCN(C(=O)C2CCCC2)CC1CCN1CCNCC1. The highest BCUT2D eigenvalue weighted by Crippen LogP contribution is 2.33. The number of carboxylic acid groups (broad SMARTS) is 1. The molecule has 2 saturated heterocycles. The Bertz CT molecular complexity index is 459. The van der Waals surface area contributed by atoms with Crippen molar-refractivity contribution in [2.45, 2.75) is 44.9 Å². The molecular formula is C19H33N3O3. The van der Waals surface area contributed by atoms with Gasteiger partial charge < -0.3 is 20.2 Å². The Kier molecular flexibility index (Phi) is 6.70. The largest absolute Gasteiger partial charge is 0.481 e. The van der Waals surface area contributed by atoms with E-state index in [9.17, 15) is 14.7 Å². The lowest BCUT2D eigenvalue weighted by Gasteiger charge is -2.40. The van der Waals surface area contributed by atoms with E-state index in [1.54, 1.807) is 0 Å². The maximum atomic E-state index is 12.8. The van der Waals surface area contributed by atoms with Crippen molar-refractivity contribution < 1.29 is 14.7 Å². The van der Waals surface area contributed by atoms with Gasteiger partial charge in [-0.25, -0.2) is 0 Å². The average Bonchev–Trinajstić information content (AvgIpc) is 3.15. The lowest BCUT2D eigenvalue weighted by molar-refractivity contribution is -0.141. The van der Waals surface area contributed by atoms with Crippen LogP contribution in [-0.4, -0.2) is 72.6 Å². The fraction of sp³-hybridized carbons (Fsp3) is 0.895. The Morgan fingerprint density at radius 1 is 1.00 bits per heavy atom. The summed E-state index contributed by atoms with van der Waals surface area (Å²) in [5.41, 5.74) is 0. The number of carboxylic acids is 1. The van der Waals surface area contributed by atoms with Crippen molar-refractivity contribution in [2.24, 2.45) is 17.8 Å². The minimum Gasteiger partial charge on any atom is -0.481 e. The van der Waals surface area contributed by atoms with Gasteiger partial charge in [-0.3, -0.25) is 9.59 Å². The predicted octanol–water partition coefficient (Wildman–Crippen LogP) is 1.41. The molecule has 0 bridgehead atoms. The summed E-state index contributed by atoms with van der Waals surface area (Å²) in [5, 5.41) is 12.6. The molecule has 0 aromatic carbocycles. The molecule has 0 spiro atoms. The highest BCUT2D eigenvalue weighted by Gasteiger charge is 2.35. The van der Waals surface area contributed by atoms with Gasteiger partial charge in [0.15, 0.2) is 0 Å². The number of amides is 1. The quantitative estimate of drug-likeness (QED) is 0.757. The Morgan fingerprint density at radius 2 is 1.72 bits per heavy atom. The Balaban J connectivity index is 1.56. The van der Waals surface area contributed by atoms with Gasteiger partial charge in [0.25, 0.3) is 0 Å². The van der Waals surface area contributed by atoms with Crippen LogP contribution in [0.1, 0.15) is 44.9 Å². The molecule has 2 unspecified atom stereocenters. The van der Waals surface area contributed by atoms with E-state index in [4.69, 9.17) is 0 Å². The van der Waals surface area contributed by atoms with E-state index in [1.165, 1.54) is 12.8 Å². The fourth-order valence-corrected chi connectivity index (χ4v) is 4.82. The molecule has 0 aromatic rings. The predicted molar refractivity (Wildman–Crippen MR) is 96.3 cm³/mol. The van der Waals surface area contributed by atoms with E-state index >= 15 is 0 Å². The third-order valence-corrected chi connectivity index (χ3v) is 6.37. The van der Waals surface area contributed by atoms with Crippen LogP contribution in [0.25, 0.3) is 0 Å². The van der Waals surface area contributed by atoms with Crippen LogP contribution < -0.4 is 5.32 Å². The number of nitrogens with one attached hydrogen (secondary N) is 1. The van der Waals surface area contributed by atoms with E-state index < -0.39 is 5.97 Å². The van der Waals surface area contributed by atoms with Crippen molar-refractivity contribution in [1.29, 1.82) is 0 Å². The lowest BCUT2D eigenvalue weighted by atomic mass is 9.80. The molecule has 0 aromatic heterocycles. The van der Waals surface area contributed by atoms with Crippen LogP contribution in [0.3, 0.4) is 0 Å². The number of piperidine rings is 1. The second-order valence-corrected chi connectivity index (χ2v) is 8.05. The van der Waals surface area contributed by atoms with Gasteiger partial charge >= 0.3 is 5.97 Å². The summed E-state index contributed by atoms with van der Waals surface area (Å²) < 4.78 is 0. The minimum atomic E-state index is -0.701. The molecule has 6 heteroatoms. The van der Waals surface area contributed by atoms with Crippen LogP contribution in [-0.2, 0) is 9.59 Å². The summed E-state index contributed by atoms with van der Waals surface area (Å²) in [6.45, 7) is 6.75. The zero-order chi connectivity index (χ0) is 17.6. The van der Waals surface area contributed by atoms with E-state index in [0.717, 1.165) is 71.5 Å². The molecule has 3 aliphatic rings. The molecule has 3 fully saturated rings. The van der Waals surface area contributed by atoms with E-state index in [1.807, 2.05) is 0 Å². The molecule has 1 saturated carbocycles. The maximum Gasteiger partial charge on any atom is 0.303 e. The van der Waals surface area contributed by atoms with E-state index in [2.05, 4.69) is 15.1 Å². The summed E-state index contributed by atoms with van der Waals surface area (Å²) in [6, 6.07) is 0. The van der Waals surface area contributed by atoms with Crippen LogP contribution in [0.15, 0.2) is 0 Å². The van der Waals surface area contributed by atoms with Gasteiger partial charge in [-0.2, -0.15) is 0 Å². The monoisotopic (exact) mass is 351 g/mol. The molecule has 1 amide bonds. The van der Waals surface area contributed by atoms with Crippen LogP contribution in [0.2, 0.25) is 0 Å². The molecular weight excluding hydrogens is 318 g/mol. The van der Waals surface area contributed by atoms with Gasteiger partial charge in [0.1, 0.15) is 0 Å². The first-order valence-corrected chi connectivity index (χ1v) is 10.1. The molecule has 25 heavy (non-hydrogen) atoms. The van der Waals surface area contributed by atoms with Crippen molar-refractivity contribution in [3.8, 4) is 0 Å². The summed E-state index contributed by atoms with van der Waals surface area (Å²) in [4.78, 5) is 28.5. The molecule has 2 N–H and O–H groups in total. The maximum absolute atomic E-state index is 12.8. The lowest BCUT2D eigenvalue weighted by Crippen LogP contribution is -2.48. The van der Waals surface area contributed by atoms with E-state index in [-0.39, 0.29) is 18.3 Å². The minimum absolute atomic E-state index is 0.216. The van der Waals surface area contributed by atoms with Gasteiger partial charge in [-0.05, 0) is 44.1 Å². The highest BCUT2D eigenvalue weighted by atomic mass is 16.4. The van der Waals surface area contributed by atoms with Gasteiger partial charge in [-0.1, -0.05) is 12.8 Å². The number of likely N-dealkylation sites (tertiary alicyclic amines) is 1. The first kappa shape index (κ1) is 18.6. The highest BCUT2D eigenvalue weighted by molar-refractivity contribution is 5.79. The van der Waals surface area contributed by atoms with Crippen molar-refractivity contribution in [1.82, 2.24) is 15.1 Å². The number of hydrogen-bond acceptors (Lipinski definition) is 4. The summed E-state index contributed by atoms with van der Waals surface area (Å²) >= 11 is 0. The van der Waals surface area contributed by atoms with Gasteiger partial charge in [0.2, 0.25) is 5.91 Å². The summed E-state index contributed by atoms with van der Waals surface area (Å²) in [5.74, 6) is 0.397. The van der Waals surface area contributed by atoms with Gasteiger partial charge in [-0.15, -0.1) is 0 Å². The standard InChI is InChI=1S/C19H33N3O3/c23-18(24)13-16-6-10-22(19(25)15-3-1-2-4-15)14-17(16)5-9-21-11-7-20-8-12-21/h15-17,20H,1-14H2,(H,23,24). The molecule has 0 radical (unpaired) electrons. The molecule has 1 aliphatic carbocycles. The molecule has 2 heterocycles. The normalized spacial score (nSPS) is 29.0. The molecule has 3 rings (SSSR count). The third-order valence-electron chi connectivity index (χ3n) is 6.37. The van der Waals surface area contributed by atoms with Crippen molar-refractivity contribution in [3.05, 3.63) is 0 Å². The zero-order valence-electron chi connectivity index (χ0n) is 15.3. The van der Waals surface area contributed by atoms with Gasteiger partial charge in [0, 0.05) is 51.6 Å². The molecule has 142 valence electrons. The van der Waals surface area contributed by atoms with Crippen molar-refractivity contribution in [2.75, 3.05) is 45.8 Å². The number of carbonyl (C=O) groups is 2. The number of carbonyl (C=O) groups excluding carboxylic acids is 1. The first-order valence-electron chi connectivity index (χ1n) is 10.1. The Hall–Kier alpha value is -1.14. The second kappa shape index (κ2) is 8.99. The summed E-state index contributed by atoms with van der Waals surface area (Å²) in [6.07, 6.45) is 6.54. The number of piperazine rings is 1. The fourth-order valence-electron chi connectivity index (χ4n) is 4.82. The van der Waals surface area contributed by atoms with Crippen LogP contribution in [0.5, 0.6) is 0 Å². The first-order chi connectivity index (χ1) is 12.1. The van der Waals surface area contributed by atoms with Crippen LogP contribution in [0, 0.1) is 17.8 Å². The molecule has 6 nitrogen and oxygen atoms in total. The zero-order valence-corrected chi connectivity index (χ0v) is 15.3. The molecule has 2 aliphatic heterocycles. The van der Waals surface area contributed by atoms with Gasteiger partial charge in [0.05, 0.1) is 0 Å².